The number of likely N-dealkylation sites (N-methyl/N-ethyl adjacent to an activating group) is 1. The Balaban J connectivity index is 0. The molecule has 0 fully saturated rings. The van der Waals surface area contributed by atoms with Crippen LogP contribution in [0.4, 0.5) is 17.2 Å². The highest BCUT2D eigenvalue weighted by Crippen LogP contribution is 2.25. The maximum atomic E-state index is 6.10. The highest BCUT2D eigenvalue weighted by atomic mass is 16.5. The Kier molecular flexibility index (Phi) is 23.6. The summed E-state index contributed by atoms with van der Waals surface area (Å²) in [6.07, 6.45) is 5.80. The van der Waals surface area contributed by atoms with Crippen molar-refractivity contribution in [2.45, 2.75) is 82.1 Å². The largest absolute Gasteiger partial charge is 0.462 e. The Hall–Kier alpha value is -3.13. The van der Waals surface area contributed by atoms with E-state index in [9.17, 15) is 0 Å². The smallest absolute Gasteiger partial charge is 0.319 e. The van der Waals surface area contributed by atoms with Gasteiger partial charge < -0.3 is 20.7 Å². The van der Waals surface area contributed by atoms with Crippen molar-refractivity contribution in [2.24, 2.45) is 5.10 Å². The number of allylic oxidation sites excluding steroid dienone is 2. The third kappa shape index (κ3) is 14.0. The van der Waals surface area contributed by atoms with Crippen LogP contribution in [0.1, 0.15) is 93.3 Å². The Labute approximate surface area is 233 Å². The number of nitrogens with two attached hydrogens (primary N) is 1. The van der Waals surface area contributed by atoms with Gasteiger partial charge in [0.25, 0.3) is 0 Å². The van der Waals surface area contributed by atoms with E-state index in [1.54, 1.807) is 6.21 Å². The van der Waals surface area contributed by atoms with Crippen molar-refractivity contribution in [1.29, 1.82) is 0 Å². The van der Waals surface area contributed by atoms with E-state index in [1.165, 1.54) is 0 Å². The number of hydrazone groups is 1. The second kappa shape index (κ2) is 24.2. The van der Waals surface area contributed by atoms with Crippen molar-refractivity contribution in [3.63, 3.8) is 0 Å². The minimum atomic E-state index is 0.356. The number of rotatable bonds is 13. The first kappa shape index (κ1) is 37.0. The Morgan fingerprint density at radius 2 is 1.66 bits per heavy atom. The lowest BCUT2D eigenvalue weighted by molar-refractivity contribution is 0.293. The molecule has 0 saturated carbocycles. The topological polar surface area (TPSA) is 101 Å². The zero-order valence-corrected chi connectivity index (χ0v) is 26.0. The van der Waals surface area contributed by atoms with Crippen LogP contribution in [0.3, 0.4) is 0 Å². The maximum absolute atomic E-state index is 6.10. The number of aromatic nitrogens is 2. The maximum Gasteiger partial charge on any atom is 0.319 e. The van der Waals surface area contributed by atoms with Crippen molar-refractivity contribution in [2.75, 3.05) is 49.3 Å². The minimum absolute atomic E-state index is 0.356. The van der Waals surface area contributed by atoms with E-state index >= 15 is 0 Å². The highest BCUT2D eigenvalue weighted by Gasteiger charge is 2.11. The van der Waals surface area contributed by atoms with Gasteiger partial charge in [0.1, 0.15) is 12.4 Å². The molecule has 0 saturated heterocycles. The van der Waals surface area contributed by atoms with E-state index in [1.807, 2.05) is 92.8 Å². The molecule has 8 heteroatoms. The standard InChI is InChI=1S/C24H37N7O.3C2H6/c1-6-12-31(13-7-2)23-16-20(28-24(29-23)32-14-11-26-5)17-27-30-19-9-10-22(25)21(15-19)18(4)8-3;3*1-2/h8-10,15-17,26,30H,6-7,11-14,25H2,1-5H3;3*1-2H3/b18-8+,27-17+;;;. The van der Waals surface area contributed by atoms with Crippen LogP contribution in [-0.2, 0) is 0 Å². The van der Waals surface area contributed by atoms with Crippen LogP contribution in [-0.4, -0.2) is 49.5 Å². The molecular weight excluding hydrogens is 474 g/mol. The van der Waals surface area contributed by atoms with Crippen LogP contribution in [0.25, 0.3) is 5.57 Å². The minimum Gasteiger partial charge on any atom is -0.462 e. The van der Waals surface area contributed by atoms with E-state index < -0.39 is 0 Å². The molecule has 0 spiro atoms. The van der Waals surface area contributed by atoms with Crippen molar-refractivity contribution in [3.05, 3.63) is 41.6 Å². The first-order valence-electron chi connectivity index (χ1n) is 14.3. The Morgan fingerprint density at radius 3 is 2.21 bits per heavy atom. The van der Waals surface area contributed by atoms with Gasteiger partial charge in [-0.3, -0.25) is 5.43 Å². The van der Waals surface area contributed by atoms with E-state index in [0.717, 1.165) is 60.8 Å². The molecule has 1 aromatic carbocycles. The molecule has 0 bridgehead atoms. The summed E-state index contributed by atoms with van der Waals surface area (Å²) in [6, 6.07) is 8.07. The molecule has 4 N–H and O–H groups in total. The van der Waals surface area contributed by atoms with Gasteiger partial charge in [-0.25, -0.2) is 0 Å². The van der Waals surface area contributed by atoms with E-state index in [4.69, 9.17) is 10.5 Å². The van der Waals surface area contributed by atoms with Crippen LogP contribution in [0.2, 0.25) is 0 Å². The summed E-state index contributed by atoms with van der Waals surface area (Å²) in [6.45, 7) is 23.4. The normalized spacial score (nSPS) is 10.3. The average Bonchev–Trinajstić information content (AvgIpc) is 2.96. The number of anilines is 3. The van der Waals surface area contributed by atoms with Crippen molar-refractivity contribution in [3.8, 4) is 6.01 Å². The van der Waals surface area contributed by atoms with Gasteiger partial charge in [0.2, 0.25) is 0 Å². The summed E-state index contributed by atoms with van der Waals surface area (Å²) < 4.78 is 5.75. The number of ether oxygens (including phenoxy) is 1. The van der Waals surface area contributed by atoms with Gasteiger partial charge in [0.15, 0.2) is 0 Å². The Morgan fingerprint density at radius 1 is 1.03 bits per heavy atom. The van der Waals surface area contributed by atoms with Gasteiger partial charge >= 0.3 is 6.01 Å². The molecule has 0 radical (unpaired) electrons. The van der Waals surface area contributed by atoms with Crippen LogP contribution >= 0.6 is 0 Å². The average molecular weight is 530 g/mol. The van der Waals surface area contributed by atoms with Crippen LogP contribution in [0.15, 0.2) is 35.4 Å². The summed E-state index contributed by atoms with van der Waals surface area (Å²) in [5.74, 6) is 0.850. The lowest BCUT2D eigenvalue weighted by Crippen LogP contribution is -2.26. The quantitative estimate of drug-likeness (QED) is 0.109. The summed E-state index contributed by atoms with van der Waals surface area (Å²) in [5, 5.41) is 7.45. The number of hydrogen-bond acceptors (Lipinski definition) is 8. The molecule has 1 aromatic heterocycles. The fraction of sp³-hybridized carbons (Fsp3) is 0.567. The summed E-state index contributed by atoms with van der Waals surface area (Å²) in [5.41, 5.74) is 13.6. The third-order valence-electron chi connectivity index (χ3n) is 4.91. The van der Waals surface area contributed by atoms with Gasteiger partial charge in [0.05, 0.1) is 17.6 Å². The van der Waals surface area contributed by atoms with Gasteiger partial charge in [0, 0.05) is 37.0 Å². The van der Waals surface area contributed by atoms with Crippen LogP contribution < -0.4 is 26.1 Å². The predicted octanol–water partition coefficient (Wildman–Crippen LogP) is 7.23. The third-order valence-corrected chi connectivity index (χ3v) is 4.91. The van der Waals surface area contributed by atoms with Gasteiger partial charge in [-0.15, -0.1) is 0 Å². The molecule has 1 heterocycles. The molecule has 0 amide bonds. The lowest BCUT2D eigenvalue weighted by atomic mass is 10.0. The van der Waals surface area contributed by atoms with Crippen LogP contribution in [0, 0.1) is 0 Å². The lowest BCUT2D eigenvalue weighted by Gasteiger charge is -2.23. The zero-order chi connectivity index (χ0) is 29.3. The van der Waals surface area contributed by atoms with E-state index in [2.05, 4.69) is 44.6 Å². The first-order chi connectivity index (χ1) is 18.5. The molecule has 0 aliphatic carbocycles. The molecule has 2 rings (SSSR count). The fourth-order valence-corrected chi connectivity index (χ4v) is 3.14. The molecule has 38 heavy (non-hydrogen) atoms. The fourth-order valence-electron chi connectivity index (χ4n) is 3.14. The number of nitrogen functional groups attached to an aromatic ring is 1. The number of hydrogen-bond donors (Lipinski definition) is 3. The van der Waals surface area contributed by atoms with Gasteiger partial charge in [-0.2, -0.15) is 15.1 Å². The van der Waals surface area contributed by atoms with Crippen molar-refractivity contribution < 1.29 is 4.74 Å². The second-order valence-corrected chi connectivity index (χ2v) is 7.52. The van der Waals surface area contributed by atoms with Crippen molar-refractivity contribution >= 4 is 29.0 Å². The summed E-state index contributed by atoms with van der Waals surface area (Å²) in [4.78, 5) is 11.4. The summed E-state index contributed by atoms with van der Waals surface area (Å²) >= 11 is 0. The monoisotopic (exact) mass is 529 g/mol. The van der Waals surface area contributed by atoms with Crippen molar-refractivity contribution in [1.82, 2.24) is 15.3 Å². The summed E-state index contributed by atoms with van der Waals surface area (Å²) in [7, 11) is 1.88. The molecule has 0 atom stereocenters. The predicted molar refractivity (Wildman–Crippen MR) is 170 cm³/mol. The first-order valence-corrected chi connectivity index (χ1v) is 14.3. The molecule has 0 aliphatic rings. The number of nitrogens with one attached hydrogen (secondary N) is 2. The number of nitrogens with zero attached hydrogens (tertiary/aromatic N) is 4. The second-order valence-electron chi connectivity index (χ2n) is 7.52. The van der Waals surface area contributed by atoms with E-state index in [-0.39, 0.29) is 0 Å². The number of benzene rings is 1. The van der Waals surface area contributed by atoms with E-state index in [0.29, 0.717) is 18.3 Å². The SMILES string of the molecule is C/C=C(\C)c1cc(N/N=C/c2cc(N(CCC)CCC)nc(OCCNC)n2)ccc1N.CC.CC.CC. The molecular formula is C30H55N7O. The molecule has 0 aliphatic heterocycles. The molecule has 216 valence electrons. The Bertz CT molecular complexity index is 907. The molecule has 8 nitrogen and oxygen atoms in total. The van der Waals surface area contributed by atoms with Crippen LogP contribution in [0.5, 0.6) is 6.01 Å². The molecule has 0 unspecified atom stereocenters. The zero-order valence-electron chi connectivity index (χ0n) is 26.0. The van der Waals surface area contributed by atoms with Gasteiger partial charge in [-0.05, 0) is 57.5 Å². The van der Waals surface area contributed by atoms with Gasteiger partial charge in [-0.1, -0.05) is 61.5 Å². The highest BCUT2D eigenvalue weighted by molar-refractivity contribution is 5.80. The molecule has 2 aromatic rings.